The van der Waals surface area contributed by atoms with Gasteiger partial charge in [0, 0.05) is 37.5 Å². The third-order valence-corrected chi connectivity index (χ3v) is 4.52. The van der Waals surface area contributed by atoms with Crippen LogP contribution in [0, 0.1) is 17.0 Å². The number of nitro benzene ring substituents is 1. The fourth-order valence-electron chi connectivity index (χ4n) is 3.04. The van der Waals surface area contributed by atoms with Crippen LogP contribution in [0.5, 0.6) is 0 Å². The zero-order valence-corrected chi connectivity index (χ0v) is 14.5. The van der Waals surface area contributed by atoms with E-state index in [1.807, 2.05) is 0 Å². The van der Waals surface area contributed by atoms with Gasteiger partial charge in [0.2, 0.25) is 5.43 Å². The van der Waals surface area contributed by atoms with Gasteiger partial charge in [0.25, 0.3) is 11.6 Å². The van der Waals surface area contributed by atoms with Crippen molar-refractivity contribution >= 4 is 11.6 Å². The predicted molar refractivity (Wildman–Crippen MR) is 94.6 cm³/mol. The van der Waals surface area contributed by atoms with Crippen molar-refractivity contribution in [3.8, 4) is 5.69 Å². The molecule has 1 unspecified atom stereocenters. The van der Waals surface area contributed by atoms with Gasteiger partial charge in [0.15, 0.2) is 5.69 Å². The molecular formula is C17H19N5O4. The first-order valence-corrected chi connectivity index (χ1v) is 8.23. The largest absolute Gasteiger partial charge is 0.336 e. The number of nitro groups is 1. The molecule has 1 aliphatic rings. The Morgan fingerprint density at radius 2 is 2.15 bits per heavy atom. The van der Waals surface area contributed by atoms with Crippen LogP contribution in [0.15, 0.2) is 35.1 Å². The monoisotopic (exact) mass is 357 g/mol. The van der Waals surface area contributed by atoms with E-state index in [1.165, 1.54) is 27.8 Å². The van der Waals surface area contributed by atoms with Crippen LogP contribution in [-0.4, -0.2) is 51.7 Å². The van der Waals surface area contributed by atoms with E-state index in [4.69, 9.17) is 0 Å². The lowest BCUT2D eigenvalue weighted by Gasteiger charge is -2.23. The van der Waals surface area contributed by atoms with Gasteiger partial charge < -0.3 is 10.2 Å². The number of likely N-dealkylation sites (N-methyl/N-ethyl adjacent to an activating group) is 1. The molecule has 0 radical (unpaired) electrons. The minimum atomic E-state index is -0.521. The van der Waals surface area contributed by atoms with E-state index in [0.717, 1.165) is 13.0 Å². The lowest BCUT2D eigenvalue weighted by molar-refractivity contribution is -0.384. The fraction of sp³-hybridized carbons (Fsp3) is 0.353. The molecule has 0 bridgehead atoms. The molecule has 1 aromatic heterocycles. The average Bonchev–Trinajstić information content (AvgIpc) is 3.15. The molecule has 1 aromatic carbocycles. The van der Waals surface area contributed by atoms with Gasteiger partial charge >= 0.3 is 0 Å². The van der Waals surface area contributed by atoms with Crippen molar-refractivity contribution in [1.82, 2.24) is 20.0 Å². The molecule has 0 spiro atoms. The minimum absolute atomic E-state index is 0.00971. The Hall–Kier alpha value is -3.07. The summed E-state index contributed by atoms with van der Waals surface area (Å²) in [6, 6.07) is 7.33. The van der Waals surface area contributed by atoms with Crippen LogP contribution in [0.1, 0.15) is 22.6 Å². The molecule has 3 rings (SSSR count). The van der Waals surface area contributed by atoms with Gasteiger partial charge in [0.1, 0.15) is 5.69 Å². The molecule has 9 heteroatoms. The van der Waals surface area contributed by atoms with Crippen molar-refractivity contribution in [2.24, 2.45) is 0 Å². The van der Waals surface area contributed by atoms with E-state index in [0.29, 0.717) is 12.2 Å². The number of rotatable bonds is 4. The summed E-state index contributed by atoms with van der Waals surface area (Å²) in [5.74, 6) is -0.490. The van der Waals surface area contributed by atoms with Gasteiger partial charge in [0.05, 0.1) is 4.92 Å². The summed E-state index contributed by atoms with van der Waals surface area (Å²) in [6.45, 7) is 3.08. The van der Waals surface area contributed by atoms with Crippen LogP contribution in [0.3, 0.4) is 0 Å². The van der Waals surface area contributed by atoms with Crippen molar-refractivity contribution in [3.05, 3.63) is 62.1 Å². The van der Waals surface area contributed by atoms with Gasteiger partial charge in [-0.1, -0.05) is 12.1 Å². The molecule has 136 valence electrons. The first kappa shape index (κ1) is 17.7. The maximum absolute atomic E-state index is 12.8. The molecule has 26 heavy (non-hydrogen) atoms. The van der Waals surface area contributed by atoms with E-state index in [-0.39, 0.29) is 23.1 Å². The molecule has 0 saturated carbocycles. The summed E-state index contributed by atoms with van der Waals surface area (Å²) >= 11 is 0. The molecule has 1 N–H and O–H groups in total. The Morgan fingerprint density at radius 1 is 1.42 bits per heavy atom. The van der Waals surface area contributed by atoms with Gasteiger partial charge in [-0.2, -0.15) is 5.10 Å². The van der Waals surface area contributed by atoms with Crippen LogP contribution in [0.4, 0.5) is 5.69 Å². The summed E-state index contributed by atoms with van der Waals surface area (Å²) in [4.78, 5) is 37.4. The van der Waals surface area contributed by atoms with E-state index >= 15 is 0 Å². The van der Waals surface area contributed by atoms with Gasteiger partial charge in [-0.05, 0) is 26.0 Å². The second-order valence-electron chi connectivity index (χ2n) is 6.22. The topological polar surface area (TPSA) is 110 Å². The number of benzene rings is 1. The van der Waals surface area contributed by atoms with Gasteiger partial charge in [-0.15, -0.1) is 0 Å². The van der Waals surface area contributed by atoms with Gasteiger partial charge in [-0.25, -0.2) is 4.68 Å². The van der Waals surface area contributed by atoms with Crippen molar-refractivity contribution in [1.29, 1.82) is 0 Å². The lowest BCUT2D eigenvalue weighted by atomic mass is 10.2. The zero-order valence-electron chi connectivity index (χ0n) is 14.5. The number of nitrogens with zero attached hydrogens (tertiary/aromatic N) is 4. The zero-order chi connectivity index (χ0) is 18.8. The second-order valence-corrected chi connectivity index (χ2v) is 6.22. The predicted octanol–water partition coefficient (Wildman–Crippen LogP) is 0.883. The quantitative estimate of drug-likeness (QED) is 0.642. The Balaban J connectivity index is 2.07. The SMILES string of the molecule is Cc1cc(=O)c(C(=O)N(C)C2CCNC2)nn1-c1ccccc1[N+](=O)[O-]. The number of para-hydroxylation sites is 2. The molecule has 2 aromatic rings. The Morgan fingerprint density at radius 3 is 2.81 bits per heavy atom. The highest BCUT2D eigenvalue weighted by Crippen LogP contribution is 2.22. The summed E-state index contributed by atoms with van der Waals surface area (Å²) < 4.78 is 1.27. The van der Waals surface area contributed by atoms with E-state index in [9.17, 15) is 19.7 Å². The Bertz CT molecular complexity index is 918. The normalized spacial score (nSPS) is 16.5. The summed E-state index contributed by atoms with van der Waals surface area (Å²) in [6.07, 6.45) is 0.798. The summed E-state index contributed by atoms with van der Waals surface area (Å²) in [5, 5.41) is 18.6. The average molecular weight is 357 g/mol. The fourth-order valence-corrected chi connectivity index (χ4v) is 3.04. The van der Waals surface area contributed by atoms with Crippen LogP contribution in [-0.2, 0) is 0 Å². The number of aryl methyl sites for hydroxylation is 1. The number of aromatic nitrogens is 2. The third-order valence-electron chi connectivity index (χ3n) is 4.52. The standard InChI is InChI=1S/C17H19N5O4/c1-11-9-15(23)16(17(24)20(2)12-7-8-18-10-12)19-21(11)13-5-3-4-6-14(13)22(25)26/h3-6,9,12,18H,7-8,10H2,1-2H3. The maximum atomic E-state index is 12.8. The molecule has 1 fully saturated rings. The molecule has 1 atom stereocenters. The van der Waals surface area contributed by atoms with Crippen LogP contribution in [0.25, 0.3) is 5.69 Å². The van der Waals surface area contributed by atoms with Crippen molar-refractivity contribution in [3.63, 3.8) is 0 Å². The number of nitrogens with one attached hydrogen (secondary N) is 1. The maximum Gasteiger partial charge on any atom is 0.294 e. The van der Waals surface area contributed by atoms with Crippen molar-refractivity contribution in [2.75, 3.05) is 20.1 Å². The van der Waals surface area contributed by atoms with E-state index in [2.05, 4.69) is 10.4 Å². The molecule has 2 heterocycles. The van der Waals surface area contributed by atoms with Gasteiger partial charge in [-0.3, -0.25) is 19.7 Å². The molecule has 9 nitrogen and oxygen atoms in total. The number of amides is 1. The molecule has 0 aliphatic carbocycles. The van der Waals surface area contributed by atoms with Crippen LogP contribution < -0.4 is 10.7 Å². The summed E-state index contributed by atoms with van der Waals surface area (Å²) in [7, 11) is 1.64. The second kappa shape index (κ2) is 7.04. The first-order chi connectivity index (χ1) is 12.4. The smallest absolute Gasteiger partial charge is 0.294 e. The molecule has 1 saturated heterocycles. The number of hydrogen-bond acceptors (Lipinski definition) is 6. The van der Waals surface area contributed by atoms with Crippen LogP contribution >= 0.6 is 0 Å². The number of carbonyl (C=O) groups excluding carboxylic acids is 1. The Kier molecular flexibility index (Phi) is 4.81. The molecule has 1 amide bonds. The van der Waals surface area contributed by atoms with Crippen molar-refractivity contribution in [2.45, 2.75) is 19.4 Å². The first-order valence-electron chi connectivity index (χ1n) is 8.23. The number of carbonyl (C=O) groups is 1. The third kappa shape index (κ3) is 3.21. The molecule has 1 aliphatic heterocycles. The van der Waals surface area contributed by atoms with E-state index < -0.39 is 16.3 Å². The Labute approximate surface area is 149 Å². The molecular weight excluding hydrogens is 338 g/mol. The highest BCUT2D eigenvalue weighted by atomic mass is 16.6. The van der Waals surface area contributed by atoms with Crippen molar-refractivity contribution < 1.29 is 9.72 Å². The van der Waals surface area contributed by atoms with Crippen LogP contribution in [0.2, 0.25) is 0 Å². The van der Waals surface area contributed by atoms with E-state index in [1.54, 1.807) is 26.1 Å². The lowest BCUT2D eigenvalue weighted by Crippen LogP contribution is -2.41. The minimum Gasteiger partial charge on any atom is -0.336 e. The highest BCUT2D eigenvalue weighted by Gasteiger charge is 2.27. The highest BCUT2D eigenvalue weighted by molar-refractivity contribution is 5.92. The summed E-state index contributed by atoms with van der Waals surface area (Å²) in [5.41, 5.74) is -0.290. The number of hydrogen-bond donors (Lipinski definition) is 1.